The first-order valence-corrected chi connectivity index (χ1v) is 5.24. The number of carbonyl (C=O) groups excluding carboxylic acids is 1. The van der Waals surface area contributed by atoms with Crippen LogP contribution in [-0.2, 0) is 4.74 Å². The van der Waals surface area contributed by atoms with Crippen molar-refractivity contribution < 1.29 is 9.53 Å². The van der Waals surface area contributed by atoms with Gasteiger partial charge in [-0.3, -0.25) is 0 Å². The van der Waals surface area contributed by atoms with E-state index in [1.54, 1.807) is 33.8 Å². The lowest BCUT2D eigenvalue weighted by molar-refractivity contribution is 0.0538. The second-order valence-corrected chi connectivity index (χ2v) is 5.00. The van der Waals surface area contributed by atoms with Crippen molar-refractivity contribution in [1.82, 2.24) is 4.57 Å². The molecule has 1 rings (SSSR count). The Labute approximate surface area is 98.9 Å². The molecule has 0 atom stereocenters. The summed E-state index contributed by atoms with van der Waals surface area (Å²) < 4.78 is 6.30. The molecule has 84 valence electrons. The number of aromatic nitrogens is 1. The lowest BCUT2D eigenvalue weighted by Crippen LogP contribution is -2.27. The van der Waals surface area contributed by atoms with Gasteiger partial charge in [0.1, 0.15) is 15.9 Å². The van der Waals surface area contributed by atoms with E-state index in [1.165, 1.54) is 0 Å². The van der Waals surface area contributed by atoms with Crippen molar-refractivity contribution in [1.29, 1.82) is 0 Å². The normalized spacial score (nSPS) is 11.6. The Morgan fingerprint density at radius 1 is 1.40 bits per heavy atom. The minimum absolute atomic E-state index is 0.256. The van der Waals surface area contributed by atoms with Crippen LogP contribution in [0.2, 0.25) is 10.3 Å². The largest absolute Gasteiger partial charge is 0.443 e. The SMILES string of the molecule is Cc1cc(Cl)n(C(=O)OC(C)(C)C)c1Cl. The fraction of sp³-hybridized carbons (Fsp3) is 0.500. The van der Waals surface area contributed by atoms with Crippen molar-refractivity contribution in [2.45, 2.75) is 33.3 Å². The third-order valence-electron chi connectivity index (χ3n) is 1.65. The zero-order chi connectivity index (χ0) is 11.8. The van der Waals surface area contributed by atoms with Gasteiger partial charge in [0, 0.05) is 0 Å². The van der Waals surface area contributed by atoms with Crippen molar-refractivity contribution in [2.75, 3.05) is 0 Å². The van der Waals surface area contributed by atoms with Crippen LogP contribution in [0.1, 0.15) is 26.3 Å². The Bertz CT molecular complexity index is 391. The second-order valence-electron chi connectivity index (χ2n) is 4.26. The summed E-state index contributed by atoms with van der Waals surface area (Å²) in [6.45, 7) is 7.12. The van der Waals surface area contributed by atoms with Gasteiger partial charge in [0.25, 0.3) is 0 Å². The number of nitrogens with zero attached hydrogens (tertiary/aromatic N) is 1. The molecule has 0 bridgehead atoms. The van der Waals surface area contributed by atoms with Crippen molar-refractivity contribution >= 4 is 29.3 Å². The van der Waals surface area contributed by atoms with E-state index in [-0.39, 0.29) is 10.3 Å². The number of hydrogen-bond donors (Lipinski definition) is 0. The smallest absolute Gasteiger partial charge is 0.420 e. The van der Waals surface area contributed by atoms with Crippen LogP contribution < -0.4 is 0 Å². The summed E-state index contributed by atoms with van der Waals surface area (Å²) in [5, 5.41) is 0.543. The minimum atomic E-state index is -0.568. The van der Waals surface area contributed by atoms with E-state index < -0.39 is 11.7 Å². The Hall–Kier alpha value is -0.670. The molecule has 3 nitrogen and oxygen atoms in total. The Kier molecular flexibility index (Phi) is 3.36. The highest BCUT2D eigenvalue weighted by molar-refractivity contribution is 6.35. The molecule has 0 spiro atoms. The number of hydrogen-bond acceptors (Lipinski definition) is 2. The first-order valence-electron chi connectivity index (χ1n) is 4.49. The molecule has 0 N–H and O–H groups in total. The first kappa shape index (κ1) is 12.4. The van der Waals surface area contributed by atoms with Crippen LogP contribution in [0.3, 0.4) is 0 Å². The molecule has 0 saturated heterocycles. The Morgan fingerprint density at radius 2 is 1.93 bits per heavy atom. The van der Waals surface area contributed by atoms with Crippen molar-refractivity contribution in [3.8, 4) is 0 Å². The zero-order valence-electron chi connectivity index (χ0n) is 9.10. The van der Waals surface area contributed by atoms with E-state index in [0.29, 0.717) is 0 Å². The lowest BCUT2D eigenvalue weighted by atomic mass is 10.2. The lowest BCUT2D eigenvalue weighted by Gasteiger charge is -2.20. The van der Waals surface area contributed by atoms with Crippen LogP contribution in [0.25, 0.3) is 0 Å². The molecule has 0 fully saturated rings. The summed E-state index contributed by atoms with van der Waals surface area (Å²) in [5.41, 5.74) is 0.176. The molecule has 0 saturated carbocycles. The topological polar surface area (TPSA) is 31.2 Å². The average molecular weight is 250 g/mol. The van der Waals surface area contributed by atoms with E-state index >= 15 is 0 Å². The van der Waals surface area contributed by atoms with Crippen molar-refractivity contribution in [3.63, 3.8) is 0 Å². The van der Waals surface area contributed by atoms with Gasteiger partial charge in [-0.15, -0.1) is 0 Å². The molecule has 1 aromatic rings. The van der Waals surface area contributed by atoms with Crippen LogP contribution >= 0.6 is 23.2 Å². The van der Waals surface area contributed by atoms with Crippen LogP contribution in [-0.4, -0.2) is 16.3 Å². The molecule has 0 aromatic carbocycles. The molecule has 1 aromatic heterocycles. The number of carbonyl (C=O) groups is 1. The molecule has 0 aliphatic rings. The van der Waals surface area contributed by atoms with Crippen LogP contribution in [0.5, 0.6) is 0 Å². The summed E-state index contributed by atoms with van der Waals surface area (Å²) in [4.78, 5) is 11.7. The predicted molar refractivity (Wildman–Crippen MR) is 60.8 cm³/mol. The highest BCUT2D eigenvalue weighted by Crippen LogP contribution is 2.25. The number of ether oxygens (including phenoxy) is 1. The number of rotatable bonds is 0. The molecule has 0 unspecified atom stereocenters. The monoisotopic (exact) mass is 249 g/mol. The fourth-order valence-corrected chi connectivity index (χ4v) is 1.62. The number of aryl methyl sites for hydroxylation is 1. The highest BCUT2D eigenvalue weighted by Gasteiger charge is 2.22. The third kappa shape index (κ3) is 2.89. The van der Waals surface area contributed by atoms with Gasteiger partial charge >= 0.3 is 6.09 Å². The first-order chi connectivity index (χ1) is 6.72. The fourth-order valence-electron chi connectivity index (χ4n) is 1.05. The van der Waals surface area contributed by atoms with Crippen molar-refractivity contribution in [3.05, 3.63) is 21.9 Å². The molecular weight excluding hydrogens is 237 g/mol. The standard InChI is InChI=1S/C10H13Cl2NO2/c1-6-5-7(11)13(8(6)12)9(14)15-10(2,3)4/h5H,1-4H3. The van der Waals surface area contributed by atoms with E-state index in [9.17, 15) is 4.79 Å². The molecule has 0 amide bonds. The van der Waals surface area contributed by atoms with Crippen LogP contribution in [0.15, 0.2) is 6.07 Å². The Balaban J connectivity index is 3.02. The van der Waals surface area contributed by atoms with E-state index in [2.05, 4.69) is 0 Å². The molecule has 5 heteroatoms. The zero-order valence-corrected chi connectivity index (χ0v) is 10.6. The van der Waals surface area contributed by atoms with E-state index in [1.807, 2.05) is 0 Å². The van der Waals surface area contributed by atoms with Crippen LogP contribution in [0.4, 0.5) is 4.79 Å². The maximum absolute atomic E-state index is 11.7. The molecule has 15 heavy (non-hydrogen) atoms. The van der Waals surface area contributed by atoms with Crippen LogP contribution in [0, 0.1) is 6.92 Å². The predicted octanol–water partition coefficient (Wildman–Crippen LogP) is 3.89. The molecule has 0 radical (unpaired) electrons. The molecular formula is C10H13Cl2NO2. The summed E-state index contributed by atoms with van der Waals surface area (Å²) in [6, 6.07) is 1.62. The highest BCUT2D eigenvalue weighted by atomic mass is 35.5. The number of halogens is 2. The summed E-state index contributed by atoms with van der Waals surface area (Å²) in [5.74, 6) is 0. The third-order valence-corrected chi connectivity index (χ3v) is 2.39. The van der Waals surface area contributed by atoms with Gasteiger partial charge in [0.15, 0.2) is 0 Å². The van der Waals surface area contributed by atoms with Gasteiger partial charge in [-0.25, -0.2) is 9.36 Å². The van der Waals surface area contributed by atoms with Gasteiger partial charge < -0.3 is 4.74 Å². The van der Waals surface area contributed by atoms with Gasteiger partial charge in [-0.05, 0) is 39.3 Å². The second kappa shape index (κ2) is 4.06. The average Bonchev–Trinajstić information content (AvgIpc) is 2.22. The summed E-state index contributed by atoms with van der Waals surface area (Å²) >= 11 is 11.8. The Morgan fingerprint density at radius 3 is 2.27 bits per heavy atom. The maximum atomic E-state index is 11.7. The minimum Gasteiger partial charge on any atom is -0.443 e. The molecule has 1 heterocycles. The van der Waals surface area contributed by atoms with Gasteiger partial charge in [0.05, 0.1) is 0 Å². The summed E-state index contributed by atoms with van der Waals surface area (Å²) in [7, 11) is 0. The van der Waals surface area contributed by atoms with Gasteiger partial charge in [-0.2, -0.15) is 0 Å². The summed E-state index contributed by atoms with van der Waals surface area (Å²) in [6.07, 6.45) is -0.564. The molecule has 0 aliphatic carbocycles. The van der Waals surface area contributed by atoms with Gasteiger partial charge in [-0.1, -0.05) is 23.2 Å². The van der Waals surface area contributed by atoms with E-state index in [4.69, 9.17) is 27.9 Å². The van der Waals surface area contributed by atoms with E-state index in [0.717, 1.165) is 10.1 Å². The van der Waals surface area contributed by atoms with Crippen molar-refractivity contribution in [2.24, 2.45) is 0 Å². The van der Waals surface area contributed by atoms with Gasteiger partial charge in [0.2, 0.25) is 0 Å². The molecule has 0 aliphatic heterocycles. The maximum Gasteiger partial charge on any atom is 0.420 e. The quantitative estimate of drug-likeness (QED) is 0.699.